The van der Waals surface area contributed by atoms with E-state index in [1.807, 2.05) is 0 Å². The summed E-state index contributed by atoms with van der Waals surface area (Å²) in [4.78, 5) is 27.8. The maximum absolute atomic E-state index is 12.5. The summed E-state index contributed by atoms with van der Waals surface area (Å²) in [7, 11) is 1.15. The van der Waals surface area contributed by atoms with E-state index in [0.29, 0.717) is 0 Å². The van der Waals surface area contributed by atoms with Gasteiger partial charge in [0.15, 0.2) is 0 Å². The van der Waals surface area contributed by atoms with E-state index in [4.69, 9.17) is 0 Å². The van der Waals surface area contributed by atoms with Gasteiger partial charge in [-0.15, -0.1) is 0 Å². The summed E-state index contributed by atoms with van der Waals surface area (Å²) >= 11 is 0. The summed E-state index contributed by atoms with van der Waals surface area (Å²) in [5, 5.41) is -0.115. The van der Waals surface area contributed by atoms with Crippen molar-refractivity contribution >= 4 is 16.9 Å². The predicted molar refractivity (Wildman–Crippen MR) is 58.7 cm³/mol. The SMILES string of the molecule is COC(=O)c1ccc2nc(C(F)(F)F)[nH]c(=O)c2c1. The minimum atomic E-state index is -4.74. The van der Waals surface area contributed by atoms with Crippen LogP contribution in [0.25, 0.3) is 10.9 Å². The normalized spacial score (nSPS) is 11.6. The van der Waals surface area contributed by atoms with Crippen LogP contribution in [0.1, 0.15) is 16.2 Å². The molecule has 0 amide bonds. The van der Waals surface area contributed by atoms with E-state index in [1.54, 1.807) is 4.98 Å². The third kappa shape index (κ3) is 2.42. The lowest BCUT2D eigenvalue weighted by Gasteiger charge is -2.06. The molecule has 1 aromatic heterocycles. The number of rotatable bonds is 1. The van der Waals surface area contributed by atoms with Gasteiger partial charge in [-0.3, -0.25) is 4.79 Å². The van der Waals surface area contributed by atoms with Crippen molar-refractivity contribution in [2.75, 3.05) is 7.11 Å². The second-order valence-corrected chi connectivity index (χ2v) is 3.64. The molecule has 0 saturated carbocycles. The van der Waals surface area contributed by atoms with E-state index in [0.717, 1.165) is 19.2 Å². The molecule has 1 heterocycles. The molecule has 5 nitrogen and oxygen atoms in total. The van der Waals surface area contributed by atoms with Gasteiger partial charge in [0.1, 0.15) is 0 Å². The Morgan fingerprint density at radius 1 is 1.37 bits per heavy atom. The molecule has 1 N–H and O–H groups in total. The van der Waals surface area contributed by atoms with Crippen LogP contribution in [0.3, 0.4) is 0 Å². The molecule has 0 spiro atoms. The molecule has 0 aliphatic rings. The average Bonchev–Trinajstić information content (AvgIpc) is 2.36. The number of ether oxygens (including phenoxy) is 1. The molecule has 100 valence electrons. The van der Waals surface area contributed by atoms with Gasteiger partial charge in [-0.1, -0.05) is 0 Å². The average molecular weight is 272 g/mol. The Morgan fingerprint density at radius 2 is 2.05 bits per heavy atom. The highest BCUT2D eigenvalue weighted by molar-refractivity contribution is 5.94. The lowest BCUT2D eigenvalue weighted by molar-refractivity contribution is -0.144. The van der Waals surface area contributed by atoms with Crippen molar-refractivity contribution in [1.29, 1.82) is 0 Å². The van der Waals surface area contributed by atoms with Crippen LogP contribution < -0.4 is 5.56 Å². The van der Waals surface area contributed by atoms with Crippen molar-refractivity contribution < 1.29 is 22.7 Å². The monoisotopic (exact) mass is 272 g/mol. The highest BCUT2D eigenvalue weighted by atomic mass is 19.4. The number of aromatic amines is 1. The van der Waals surface area contributed by atoms with E-state index in [9.17, 15) is 22.8 Å². The highest BCUT2D eigenvalue weighted by Gasteiger charge is 2.34. The predicted octanol–water partition coefficient (Wildman–Crippen LogP) is 1.73. The first-order valence-electron chi connectivity index (χ1n) is 5.02. The highest BCUT2D eigenvalue weighted by Crippen LogP contribution is 2.26. The molecule has 0 saturated heterocycles. The first-order valence-corrected chi connectivity index (χ1v) is 5.02. The number of carbonyl (C=O) groups excluding carboxylic acids is 1. The fraction of sp³-hybridized carbons (Fsp3) is 0.182. The molecule has 2 aromatic rings. The standard InChI is InChI=1S/C11H7F3N2O3/c1-19-9(18)5-2-3-7-6(4-5)8(17)16-10(15-7)11(12,13)14/h2-4H,1H3,(H,15,16,17). The Hall–Kier alpha value is -2.38. The number of fused-ring (bicyclic) bond motifs is 1. The number of halogens is 3. The molecular formula is C11H7F3N2O3. The molecule has 8 heteroatoms. The van der Waals surface area contributed by atoms with Gasteiger partial charge in [0.05, 0.1) is 23.6 Å². The summed E-state index contributed by atoms with van der Waals surface area (Å²) in [6, 6.07) is 3.53. The zero-order valence-corrected chi connectivity index (χ0v) is 9.54. The third-order valence-corrected chi connectivity index (χ3v) is 2.39. The lowest BCUT2D eigenvalue weighted by Crippen LogP contribution is -2.19. The molecule has 0 radical (unpaired) electrons. The summed E-state index contributed by atoms with van der Waals surface area (Å²) in [5.41, 5.74) is -1.06. The Kier molecular flexibility index (Phi) is 3.01. The van der Waals surface area contributed by atoms with E-state index in [1.165, 1.54) is 6.07 Å². The number of nitrogens with zero attached hydrogens (tertiary/aromatic N) is 1. The quantitative estimate of drug-likeness (QED) is 0.802. The zero-order valence-electron chi connectivity index (χ0n) is 9.54. The Bertz CT molecular complexity index is 706. The Labute approximate surface area is 104 Å². The summed E-state index contributed by atoms with van der Waals surface area (Å²) < 4.78 is 41.8. The number of alkyl halides is 3. The minimum absolute atomic E-state index is 0.0575. The van der Waals surface area contributed by atoms with Crippen molar-refractivity contribution in [2.45, 2.75) is 6.18 Å². The van der Waals surface area contributed by atoms with Crippen LogP contribution in [0.15, 0.2) is 23.0 Å². The zero-order chi connectivity index (χ0) is 14.2. The number of esters is 1. The number of nitrogens with one attached hydrogen (secondary N) is 1. The van der Waals surface area contributed by atoms with Crippen LogP contribution in [-0.2, 0) is 10.9 Å². The van der Waals surface area contributed by atoms with Crippen LogP contribution in [0.5, 0.6) is 0 Å². The fourth-order valence-corrected chi connectivity index (χ4v) is 1.52. The molecule has 0 bridgehead atoms. The number of hydrogen-bond acceptors (Lipinski definition) is 4. The van der Waals surface area contributed by atoms with Crippen LogP contribution >= 0.6 is 0 Å². The molecule has 1 aromatic carbocycles. The summed E-state index contributed by atoms with van der Waals surface area (Å²) in [6.07, 6.45) is -4.74. The number of hydrogen-bond donors (Lipinski definition) is 1. The number of methoxy groups -OCH3 is 1. The lowest BCUT2D eigenvalue weighted by atomic mass is 10.1. The van der Waals surface area contributed by atoms with Gasteiger partial charge >= 0.3 is 12.1 Å². The van der Waals surface area contributed by atoms with E-state index < -0.39 is 23.5 Å². The van der Waals surface area contributed by atoms with Crippen molar-refractivity contribution in [1.82, 2.24) is 9.97 Å². The molecule has 0 atom stereocenters. The van der Waals surface area contributed by atoms with Crippen molar-refractivity contribution in [3.8, 4) is 0 Å². The van der Waals surface area contributed by atoms with Crippen molar-refractivity contribution in [2.24, 2.45) is 0 Å². The largest absolute Gasteiger partial charge is 0.465 e. The number of carbonyl (C=O) groups is 1. The molecule has 19 heavy (non-hydrogen) atoms. The van der Waals surface area contributed by atoms with Crippen LogP contribution in [0.4, 0.5) is 13.2 Å². The van der Waals surface area contributed by atoms with Crippen LogP contribution in [0.2, 0.25) is 0 Å². The molecule has 0 aliphatic heterocycles. The Morgan fingerprint density at radius 3 is 2.63 bits per heavy atom. The van der Waals surface area contributed by atoms with E-state index in [2.05, 4.69) is 9.72 Å². The second-order valence-electron chi connectivity index (χ2n) is 3.64. The van der Waals surface area contributed by atoms with Crippen molar-refractivity contribution in [3.05, 3.63) is 39.9 Å². The van der Waals surface area contributed by atoms with E-state index >= 15 is 0 Å². The van der Waals surface area contributed by atoms with Gasteiger partial charge in [-0.25, -0.2) is 9.78 Å². The minimum Gasteiger partial charge on any atom is -0.465 e. The van der Waals surface area contributed by atoms with Gasteiger partial charge in [0.2, 0.25) is 5.82 Å². The maximum Gasteiger partial charge on any atom is 0.449 e. The first-order chi connectivity index (χ1) is 8.82. The second kappa shape index (κ2) is 4.38. The molecule has 0 aliphatic carbocycles. The van der Waals surface area contributed by atoms with Gasteiger partial charge < -0.3 is 9.72 Å². The summed E-state index contributed by atoms with van der Waals surface area (Å²) in [5.74, 6) is -2.07. The van der Waals surface area contributed by atoms with Gasteiger partial charge in [0, 0.05) is 0 Å². The topological polar surface area (TPSA) is 72.0 Å². The summed E-state index contributed by atoms with van der Waals surface area (Å²) in [6.45, 7) is 0. The van der Waals surface area contributed by atoms with Crippen LogP contribution in [-0.4, -0.2) is 23.0 Å². The Balaban J connectivity index is 2.67. The molecular weight excluding hydrogens is 265 g/mol. The fourth-order valence-electron chi connectivity index (χ4n) is 1.52. The molecule has 2 rings (SSSR count). The van der Waals surface area contributed by atoms with Crippen molar-refractivity contribution in [3.63, 3.8) is 0 Å². The van der Waals surface area contributed by atoms with Gasteiger partial charge in [0.25, 0.3) is 5.56 Å². The maximum atomic E-state index is 12.5. The molecule has 0 unspecified atom stereocenters. The van der Waals surface area contributed by atoms with Crippen LogP contribution in [0, 0.1) is 0 Å². The third-order valence-electron chi connectivity index (χ3n) is 2.39. The van der Waals surface area contributed by atoms with Gasteiger partial charge in [-0.05, 0) is 18.2 Å². The number of H-pyrrole nitrogens is 1. The first kappa shape index (κ1) is 13.1. The number of aromatic nitrogens is 2. The van der Waals surface area contributed by atoms with Gasteiger partial charge in [-0.2, -0.15) is 13.2 Å². The molecule has 0 fully saturated rings. The van der Waals surface area contributed by atoms with E-state index in [-0.39, 0.29) is 16.5 Å². The smallest absolute Gasteiger partial charge is 0.449 e. The number of benzene rings is 1.